The third kappa shape index (κ3) is 4.60. The minimum Gasteiger partial charge on any atom is -0.340 e. The molecule has 26 heavy (non-hydrogen) atoms. The molecule has 0 aliphatic rings. The zero-order chi connectivity index (χ0) is 18.6. The van der Waals surface area contributed by atoms with Crippen LogP contribution in [0, 0.1) is 0 Å². The van der Waals surface area contributed by atoms with Crippen molar-refractivity contribution in [2.24, 2.45) is 0 Å². The maximum atomic E-state index is 13.0. The topological polar surface area (TPSA) is 54.0 Å². The number of benzene rings is 1. The molecule has 1 aromatic carbocycles. The summed E-state index contributed by atoms with van der Waals surface area (Å²) >= 11 is 1.49. The Bertz CT molecular complexity index is 877. The van der Waals surface area contributed by atoms with Crippen LogP contribution in [0.3, 0.4) is 0 Å². The molecule has 1 amide bonds. The van der Waals surface area contributed by atoms with Gasteiger partial charge in [0, 0.05) is 4.88 Å². The number of nitrogens with one attached hydrogen (secondary N) is 2. The van der Waals surface area contributed by atoms with Gasteiger partial charge in [0.15, 0.2) is 0 Å². The molecule has 0 aliphatic heterocycles. The standard InChI is InChI=1S/C18H14F3N3OS/c19-18(20,21)14-5-1-2-6-15(14)24-16-8-7-12(11-22-16)23-17(25)10-13-4-3-9-26-13/h1-9,11H,10H2,(H,22,24)(H,23,25). The maximum absolute atomic E-state index is 13.0. The molecule has 0 saturated carbocycles. The molecule has 4 nitrogen and oxygen atoms in total. The fraction of sp³-hybridized carbons (Fsp3) is 0.111. The third-order valence-electron chi connectivity index (χ3n) is 3.46. The number of amides is 1. The summed E-state index contributed by atoms with van der Waals surface area (Å²) in [5.41, 5.74) is -0.377. The minimum atomic E-state index is -4.46. The van der Waals surface area contributed by atoms with Crippen LogP contribution >= 0.6 is 11.3 Å². The van der Waals surface area contributed by atoms with Gasteiger partial charge in [-0.2, -0.15) is 13.2 Å². The number of alkyl halides is 3. The molecule has 134 valence electrons. The van der Waals surface area contributed by atoms with Crippen LogP contribution in [0.1, 0.15) is 10.4 Å². The van der Waals surface area contributed by atoms with Gasteiger partial charge in [-0.15, -0.1) is 11.3 Å². The first kappa shape index (κ1) is 17.9. The fourth-order valence-electron chi connectivity index (χ4n) is 2.30. The summed E-state index contributed by atoms with van der Waals surface area (Å²) in [4.78, 5) is 16.9. The number of pyridine rings is 1. The number of rotatable bonds is 5. The predicted molar refractivity (Wildman–Crippen MR) is 95.6 cm³/mol. The lowest BCUT2D eigenvalue weighted by Crippen LogP contribution is -2.14. The summed E-state index contributed by atoms with van der Waals surface area (Å²) in [6, 6.07) is 12.0. The number of hydrogen-bond donors (Lipinski definition) is 2. The summed E-state index contributed by atoms with van der Waals surface area (Å²) in [5, 5.41) is 7.25. The van der Waals surface area contributed by atoms with E-state index in [1.807, 2.05) is 17.5 Å². The van der Waals surface area contributed by atoms with E-state index in [-0.39, 0.29) is 23.8 Å². The second-order valence-corrected chi connectivity index (χ2v) is 6.44. The van der Waals surface area contributed by atoms with Gasteiger partial charge in [-0.05, 0) is 35.7 Å². The molecule has 0 atom stereocenters. The number of halogens is 3. The molecule has 0 aliphatic carbocycles. The van der Waals surface area contributed by atoms with E-state index in [0.717, 1.165) is 10.9 Å². The van der Waals surface area contributed by atoms with Crippen molar-refractivity contribution in [3.8, 4) is 0 Å². The minimum absolute atomic E-state index is 0.0815. The van der Waals surface area contributed by atoms with Gasteiger partial charge in [0.05, 0.1) is 29.6 Å². The fourth-order valence-corrected chi connectivity index (χ4v) is 3.00. The van der Waals surface area contributed by atoms with Crippen LogP contribution < -0.4 is 10.6 Å². The van der Waals surface area contributed by atoms with E-state index in [4.69, 9.17) is 0 Å². The SMILES string of the molecule is O=C(Cc1cccs1)Nc1ccc(Nc2ccccc2C(F)(F)F)nc1. The van der Waals surface area contributed by atoms with Crippen LogP contribution in [0.5, 0.6) is 0 Å². The van der Waals surface area contributed by atoms with Crippen LogP contribution in [0.4, 0.5) is 30.4 Å². The van der Waals surface area contributed by atoms with Crippen LogP contribution in [-0.4, -0.2) is 10.9 Å². The van der Waals surface area contributed by atoms with E-state index in [1.165, 1.54) is 41.8 Å². The second-order valence-electron chi connectivity index (χ2n) is 5.40. The molecular formula is C18H14F3N3OS. The highest BCUT2D eigenvalue weighted by Crippen LogP contribution is 2.35. The lowest BCUT2D eigenvalue weighted by molar-refractivity contribution is -0.136. The molecule has 2 aromatic heterocycles. The van der Waals surface area contributed by atoms with Gasteiger partial charge in [0.2, 0.25) is 5.91 Å². The number of aromatic nitrogens is 1. The van der Waals surface area contributed by atoms with E-state index in [1.54, 1.807) is 6.07 Å². The van der Waals surface area contributed by atoms with Crippen molar-refractivity contribution in [2.75, 3.05) is 10.6 Å². The molecule has 0 saturated heterocycles. The molecule has 0 spiro atoms. The Morgan fingerprint density at radius 2 is 1.88 bits per heavy atom. The number of nitrogens with zero attached hydrogens (tertiary/aromatic N) is 1. The summed E-state index contributed by atoms with van der Waals surface area (Å²) in [6.45, 7) is 0. The maximum Gasteiger partial charge on any atom is 0.418 e. The largest absolute Gasteiger partial charge is 0.418 e. The Balaban J connectivity index is 1.66. The van der Waals surface area contributed by atoms with Gasteiger partial charge in [-0.25, -0.2) is 4.98 Å². The monoisotopic (exact) mass is 377 g/mol. The summed E-state index contributed by atoms with van der Waals surface area (Å²) < 4.78 is 39.0. The molecule has 2 heterocycles. The third-order valence-corrected chi connectivity index (χ3v) is 4.33. The molecule has 3 rings (SSSR count). The van der Waals surface area contributed by atoms with Crippen molar-refractivity contribution in [3.05, 3.63) is 70.5 Å². The van der Waals surface area contributed by atoms with Crippen LogP contribution in [0.2, 0.25) is 0 Å². The average molecular weight is 377 g/mol. The molecule has 0 bridgehead atoms. The molecule has 0 unspecified atom stereocenters. The van der Waals surface area contributed by atoms with Crippen molar-refractivity contribution in [2.45, 2.75) is 12.6 Å². The summed E-state index contributed by atoms with van der Waals surface area (Å²) in [7, 11) is 0. The molecule has 2 N–H and O–H groups in total. The van der Waals surface area contributed by atoms with Gasteiger partial charge in [-0.1, -0.05) is 18.2 Å². The van der Waals surface area contributed by atoms with Gasteiger partial charge in [0.25, 0.3) is 0 Å². The molecule has 0 fully saturated rings. The van der Waals surface area contributed by atoms with Crippen molar-refractivity contribution in [3.63, 3.8) is 0 Å². The molecule has 0 radical (unpaired) electrons. The van der Waals surface area contributed by atoms with Gasteiger partial charge in [-0.3, -0.25) is 4.79 Å². The summed E-state index contributed by atoms with van der Waals surface area (Å²) in [5.74, 6) is 0.0651. The number of anilines is 3. The highest BCUT2D eigenvalue weighted by atomic mass is 32.1. The zero-order valence-corrected chi connectivity index (χ0v) is 14.2. The van der Waals surface area contributed by atoms with Crippen molar-refractivity contribution in [1.29, 1.82) is 0 Å². The first-order chi connectivity index (χ1) is 12.4. The van der Waals surface area contributed by atoms with Gasteiger partial charge >= 0.3 is 6.18 Å². The van der Waals surface area contributed by atoms with Crippen LogP contribution in [-0.2, 0) is 17.4 Å². The number of carbonyl (C=O) groups excluding carboxylic acids is 1. The van der Waals surface area contributed by atoms with E-state index in [0.29, 0.717) is 5.69 Å². The smallest absolute Gasteiger partial charge is 0.340 e. The Hall–Kier alpha value is -2.87. The highest BCUT2D eigenvalue weighted by Gasteiger charge is 2.33. The van der Waals surface area contributed by atoms with Crippen LogP contribution in [0.25, 0.3) is 0 Å². The Morgan fingerprint density at radius 3 is 2.54 bits per heavy atom. The lowest BCUT2D eigenvalue weighted by Gasteiger charge is -2.14. The Labute approximate surface area is 151 Å². The first-order valence-electron chi connectivity index (χ1n) is 7.63. The number of hydrogen-bond acceptors (Lipinski definition) is 4. The van der Waals surface area contributed by atoms with E-state index >= 15 is 0 Å². The quantitative estimate of drug-likeness (QED) is 0.651. The van der Waals surface area contributed by atoms with Gasteiger partial charge < -0.3 is 10.6 Å². The highest BCUT2D eigenvalue weighted by molar-refractivity contribution is 7.10. The zero-order valence-electron chi connectivity index (χ0n) is 13.4. The Morgan fingerprint density at radius 1 is 1.08 bits per heavy atom. The number of para-hydroxylation sites is 1. The van der Waals surface area contributed by atoms with E-state index in [9.17, 15) is 18.0 Å². The number of carbonyl (C=O) groups is 1. The van der Waals surface area contributed by atoms with Crippen molar-refractivity contribution in [1.82, 2.24) is 4.98 Å². The normalized spacial score (nSPS) is 11.2. The molecule has 8 heteroatoms. The lowest BCUT2D eigenvalue weighted by atomic mass is 10.1. The van der Waals surface area contributed by atoms with Crippen molar-refractivity contribution >= 4 is 34.4 Å². The molecule has 3 aromatic rings. The van der Waals surface area contributed by atoms with Crippen LogP contribution in [0.15, 0.2) is 60.1 Å². The average Bonchev–Trinajstić information content (AvgIpc) is 3.09. The molecular weight excluding hydrogens is 363 g/mol. The first-order valence-corrected chi connectivity index (χ1v) is 8.51. The van der Waals surface area contributed by atoms with E-state index in [2.05, 4.69) is 15.6 Å². The second kappa shape index (κ2) is 7.57. The summed E-state index contributed by atoms with van der Waals surface area (Å²) in [6.07, 6.45) is -2.80. The predicted octanol–water partition coefficient (Wildman–Crippen LogP) is 5.09. The Kier molecular flexibility index (Phi) is 5.22. The van der Waals surface area contributed by atoms with E-state index < -0.39 is 11.7 Å². The van der Waals surface area contributed by atoms with Crippen molar-refractivity contribution < 1.29 is 18.0 Å². The van der Waals surface area contributed by atoms with Gasteiger partial charge in [0.1, 0.15) is 5.82 Å². The number of thiophene rings is 1.